The average molecular weight is 363 g/mol. The number of hydrogen-bond donors (Lipinski definition) is 0. The van der Waals surface area contributed by atoms with Crippen molar-refractivity contribution >= 4 is 0 Å². The minimum absolute atomic E-state index is 0.185. The summed E-state index contributed by atoms with van der Waals surface area (Å²) in [4.78, 5) is 0. The SMILES string of the molecule is CCCCc1c[n+](-c2ccc(C)cc2)nn1Cc1ccc(C(C)(C)C)cc1. The van der Waals surface area contributed by atoms with Crippen molar-refractivity contribution in [3.63, 3.8) is 0 Å². The molecule has 0 amide bonds. The highest BCUT2D eigenvalue weighted by Crippen LogP contribution is 2.22. The first-order valence-electron chi connectivity index (χ1n) is 10.0. The number of benzene rings is 2. The van der Waals surface area contributed by atoms with Gasteiger partial charge < -0.3 is 0 Å². The van der Waals surface area contributed by atoms with Crippen molar-refractivity contribution in [2.75, 3.05) is 0 Å². The molecule has 0 spiro atoms. The van der Waals surface area contributed by atoms with E-state index in [0.29, 0.717) is 0 Å². The van der Waals surface area contributed by atoms with Gasteiger partial charge in [-0.05, 0) is 42.0 Å². The van der Waals surface area contributed by atoms with Gasteiger partial charge in [-0.3, -0.25) is 0 Å². The van der Waals surface area contributed by atoms with E-state index in [1.165, 1.54) is 35.2 Å². The van der Waals surface area contributed by atoms with E-state index in [-0.39, 0.29) is 5.41 Å². The molecule has 2 aromatic carbocycles. The van der Waals surface area contributed by atoms with E-state index >= 15 is 0 Å². The molecule has 142 valence electrons. The zero-order valence-electron chi connectivity index (χ0n) is 17.4. The van der Waals surface area contributed by atoms with Crippen LogP contribution in [0.15, 0.2) is 54.7 Å². The molecule has 1 aromatic heterocycles. The lowest BCUT2D eigenvalue weighted by atomic mass is 9.87. The van der Waals surface area contributed by atoms with E-state index in [4.69, 9.17) is 5.21 Å². The third kappa shape index (κ3) is 4.85. The Morgan fingerprint density at radius 2 is 1.63 bits per heavy atom. The summed E-state index contributed by atoms with van der Waals surface area (Å²) in [5, 5.41) is 4.86. The lowest BCUT2D eigenvalue weighted by Gasteiger charge is -2.18. The molecular formula is C24H32N3+. The molecule has 3 rings (SSSR count). The standard InChI is InChI=1S/C24H32N3/c1-6-7-8-23-18-27(22-15-9-19(2)10-16-22)25-26(23)17-20-11-13-21(14-12-20)24(3,4)5/h9-16,18H,6-8,17H2,1-5H3/q+1. The first-order valence-corrected chi connectivity index (χ1v) is 10.0. The van der Waals surface area contributed by atoms with Gasteiger partial charge in [0.15, 0.2) is 17.6 Å². The molecule has 0 saturated heterocycles. The fraction of sp³-hybridized carbons (Fsp3) is 0.417. The van der Waals surface area contributed by atoms with Gasteiger partial charge in [-0.2, -0.15) is 0 Å². The van der Waals surface area contributed by atoms with Crippen LogP contribution in [0.25, 0.3) is 5.69 Å². The quantitative estimate of drug-likeness (QED) is 0.555. The van der Waals surface area contributed by atoms with Crippen LogP contribution in [0, 0.1) is 6.92 Å². The summed E-state index contributed by atoms with van der Waals surface area (Å²) in [6.45, 7) is 11.9. The smallest absolute Gasteiger partial charge is 0.129 e. The van der Waals surface area contributed by atoms with Crippen LogP contribution in [0.3, 0.4) is 0 Å². The van der Waals surface area contributed by atoms with Gasteiger partial charge in [-0.15, -0.1) is 9.36 Å². The van der Waals surface area contributed by atoms with Gasteiger partial charge in [-0.25, -0.2) is 0 Å². The van der Waals surface area contributed by atoms with E-state index in [2.05, 4.69) is 94.0 Å². The van der Waals surface area contributed by atoms with Gasteiger partial charge in [-0.1, -0.05) is 76.1 Å². The van der Waals surface area contributed by atoms with Crippen molar-refractivity contribution in [3.05, 3.63) is 77.1 Å². The molecule has 27 heavy (non-hydrogen) atoms. The number of nitrogens with zero attached hydrogens (tertiary/aromatic N) is 3. The highest BCUT2D eigenvalue weighted by Gasteiger charge is 2.18. The van der Waals surface area contributed by atoms with Crippen molar-refractivity contribution < 1.29 is 4.68 Å². The summed E-state index contributed by atoms with van der Waals surface area (Å²) in [7, 11) is 0. The molecule has 0 radical (unpaired) electrons. The zero-order chi connectivity index (χ0) is 19.4. The Labute approximate surface area is 163 Å². The molecule has 0 saturated carbocycles. The minimum Gasteiger partial charge on any atom is -0.129 e. The van der Waals surface area contributed by atoms with Gasteiger partial charge >= 0.3 is 0 Å². The predicted molar refractivity (Wildman–Crippen MR) is 111 cm³/mol. The van der Waals surface area contributed by atoms with E-state index in [1.807, 2.05) is 4.68 Å². The van der Waals surface area contributed by atoms with Crippen LogP contribution < -0.4 is 4.68 Å². The maximum Gasteiger partial charge on any atom is 0.168 e. The number of rotatable bonds is 6. The lowest BCUT2D eigenvalue weighted by Crippen LogP contribution is -2.33. The number of hydrogen-bond acceptors (Lipinski definition) is 1. The second-order valence-corrected chi connectivity index (χ2v) is 8.50. The predicted octanol–water partition coefficient (Wildman–Crippen LogP) is 5.16. The Hall–Kier alpha value is -2.42. The van der Waals surface area contributed by atoms with Crippen LogP contribution in [0.4, 0.5) is 0 Å². The van der Waals surface area contributed by atoms with E-state index in [0.717, 1.165) is 18.7 Å². The van der Waals surface area contributed by atoms with Gasteiger partial charge in [0.25, 0.3) is 0 Å². The summed E-state index contributed by atoms with van der Waals surface area (Å²) < 4.78 is 4.16. The molecule has 3 heteroatoms. The van der Waals surface area contributed by atoms with Crippen LogP contribution in [-0.2, 0) is 18.4 Å². The first-order chi connectivity index (χ1) is 12.9. The third-order valence-electron chi connectivity index (χ3n) is 5.04. The Morgan fingerprint density at radius 3 is 2.22 bits per heavy atom. The van der Waals surface area contributed by atoms with E-state index < -0.39 is 0 Å². The zero-order valence-corrected chi connectivity index (χ0v) is 17.4. The maximum absolute atomic E-state index is 4.86. The number of aromatic nitrogens is 3. The summed E-state index contributed by atoms with van der Waals surface area (Å²) in [6, 6.07) is 17.5. The number of aryl methyl sites for hydroxylation is 2. The van der Waals surface area contributed by atoms with Gasteiger partial charge in [0.1, 0.15) is 6.54 Å². The lowest BCUT2D eigenvalue weighted by molar-refractivity contribution is -0.661. The maximum atomic E-state index is 4.86. The van der Waals surface area contributed by atoms with E-state index in [1.54, 1.807) is 0 Å². The second kappa shape index (κ2) is 8.08. The third-order valence-corrected chi connectivity index (χ3v) is 5.04. The largest absolute Gasteiger partial charge is 0.168 e. The van der Waals surface area contributed by atoms with Gasteiger partial charge in [0, 0.05) is 6.42 Å². The van der Waals surface area contributed by atoms with Crippen LogP contribution in [0.1, 0.15) is 62.9 Å². The fourth-order valence-electron chi connectivity index (χ4n) is 3.20. The summed E-state index contributed by atoms with van der Waals surface area (Å²) >= 11 is 0. The molecule has 0 aliphatic carbocycles. The minimum atomic E-state index is 0.185. The Bertz CT molecular complexity index is 865. The average Bonchev–Trinajstić information content (AvgIpc) is 3.03. The van der Waals surface area contributed by atoms with Crippen LogP contribution in [0.5, 0.6) is 0 Å². The topological polar surface area (TPSA) is 21.7 Å². The molecule has 0 aliphatic heterocycles. The highest BCUT2D eigenvalue weighted by atomic mass is 15.5. The molecule has 3 nitrogen and oxygen atoms in total. The molecule has 1 heterocycles. The van der Waals surface area contributed by atoms with Crippen molar-refractivity contribution in [1.29, 1.82) is 0 Å². The van der Waals surface area contributed by atoms with Crippen LogP contribution >= 0.6 is 0 Å². The van der Waals surface area contributed by atoms with Gasteiger partial charge in [0.2, 0.25) is 0 Å². The monoisotopic (exact) mass is 362 g/mol. The molecule has 0 aliphatic rings. The fourth-order valence-corrected chi connectivity index (χ4v) is 3.20. The summed E-state index contributed by atoms with van der Waals surface area (Å²) in [6.07, 6.45) is 5.62. The van der Waals surface area contributed by atoms with Gasteiger partial charge in [0.05, 0.1) is 5.21 Å². The van der Waals surface area contributed by atoms with E-state index in [9.17, 15) is 0 Å². The Kier molecular flexibility index (Phi) is 5.79. The normalized spacial score (nSPS) is 11.7. The molecule has 0 unspecified atom stereocenters. The molecule has 0 bridgehead atoms. The summed E-state index contributed by atoms with van der Waals surface area (Å²) in [5.41, 5.74) is 6.51. The Balaban J connectivity index is 1.87. The van der Waals surface area contributed by atoms with Crippen molar-refractivity contribution in [3.8, 4) is 5.69 Å². The Morgan fingerprint density at radius 1 is 0.963 bits per heavy atom. The molecular weight excluding hydrogens is 330 g/mol. The van der Waals surface area contributed by atoms with Crippen molar-refractivity contribution in [1.82, 2.24) is 9.90 Å². The van der Waals surface area contributed by atoms with Crippen molar-refractivity contribution in [2.24, 2.45) is 0 Å². The van der Waals surface area contributed by atoms with Crippen LogP contribution in [0.2, 0.25) is 0 Å². The highest BCUT2D eigenvalue weighted by molar-refractivity contribution is 5.28. The number of unbranched alkanes of at least 4 members (excludes halogenated alkanes) is 1. The van der Waals surface area contributed by atoms with Crippen LogP contribution in [-0.4, -0.2) is 9.90 Å². The molecule has 0 N–H and O–H groups in total. The second-order valence-electron chi connectivity index (χ2n) is 8.50. The van der Waals surface area contributed by atoms with Crippen molar-refractivity contribution in [2.45, 2.75) is 65.8 Å². The molecule has 3 aromatic rings. The summed E-state index contributed by atoms with van der Waals surface area (Å²) in [5.74, 6) is 0. The molecule has 0 atom stereocenters. The first kappa shape index (κ1) is 19.3. The molecule has 0 fully saturated rings.